The highest BCUT2D eigenvalue weighted by atomic mass is 15.1. The molecule has 1 saturated heterocycles. The highest BCUT2D eigenvalue weighted by Gasteiger charge is 2.23. The van der Waals surface area contributed by atoms with Gasteiger partial charge in [0.15, 0.2) is 0 Å². The predicted octanol–water partition coefficient (Wildman–Crippen LogP) is 0.429. The van der Waals surface area contributed by atoms with Gasteiger partial charge in [-0.15, -0.1) is 0 Å². The number of rotatable bonds is 1. The van der Waals surface area contributed by atoms with Gasteiger partial charge in [-0.2, -0.15) is 0 Å². The molecule has 1 N–H and O–H groups in total. The third-order valence-electron chi connectivity index (χ3n) is 1.54. The lowest BCUT2D eigenvalue weighted by molar-refractivity contribution is 0.940. The molecule has 10 heavy (non-hydrogen) atoms. The van der Waals surface area contributed by atoms with E-state index in [0.717, 1.165) is 17.9 Å². The smallest absolute Gasteiger partial charge is 0.0772 e. The summed E-state index contributed by atoms with van der Waals surface area (Å²) in [4.78, 5) is 8.35. The molecule has 1 aliphatic heterocycles. The lowest BCUT2D eigenvalue weighted by atomic mass is 10.3. The van der Waals surface area contributed by atoms with Crippen LogP contribution in [0.1, 0.15) is 17.4 Å². The zero-order valence-electron chi connectivity index (χ0n) is 5.83. The van der Waals surface area contributed by atoms with Gasteiger partial charge in [-0.3, -0.25) is 9.97 Å². The van der Waals surface area contributed by atoms with E-state index in [1.807, 2.05) is 13.1 Å². The van der Waals surface area contributed by atoms with Gasteiger partial charge in [-0.1, -0.05) is 0 Å². The molecule has 1 aromatic rings. The minimum Gasteiger partial charge on any atom is -0.306 e. The second kappa shape index (κ2) is 2.02. The van der Waals surface area contributed by atoms with Crippen LogP contribution in [-0.2, 0) is 0 Å². The molecule has 1 aromatic heterocycles. The van der Waals surface area contributed by atoms with E-state index in [0.29, 0.717) is 6.04 Å². The summed E-state index contributed by atoms with van der Waals surface area (Å²) in [6, 6.07) is 0.479. The first-order valence-electron chi connectivity index (χ1n) is 3.38. The van der Waals surface area contributed by atoms with E-state index in [9.17, 15) is 0 Å². The van der Waals surface area contributed by atoms with E-state index in [-0.39, 0.29) is 0 Å². The first kappa shape index (κ1) is 5.80. The second-order valence-corrected chi connectivity index (χ2v) is 2.55. The molecule has 0 spiro atoms. The topological polar surface area (TPSA) is 47.7 Å². The van der Waals surface area contributed by atoms with Crippen molar-refractivity contribution in [2.24, 2.45) is 0 Å². The Morgan fingerprint density at radius 1 is 1.60 bits per heavy atom. The number of aryl methyl sites for hydroxylation is 1. The molecule has 52 valence electrons. The van der Waals surface area contributed by atoms with Crippen LogP contribution in [0.4, 0.5) is 0 Å². The van der Waals surface area contributed by atoms with E-state index in [1.165, 1.54) is 0 Å². The number of aromatic nitrogens is 2. The average molecular weight is 135 g/mol. The van der Waals surface area contributed by atoms with E-state index in [1.54, 1.807) is 6.20 Å². The molecule has 3 heteroatoms. The second-order valence-electron chi connectivity index (χ2n) is 2.55. The maximum Gasteiger partial charge on any atom is 0.0772 e. The summed E-state index contributed by atoms with van der Waals surface area (Å²) >= 11 is 0. The fourth-order valence-corrected chi connectivity index (χ4v) is 0.919. The summed E-state index contributed by atoms with van der Waals surface area (Å²) in [6.07, 6.45) is 3.59. The number of nitrogens with zero attached hydrogens (tertiary/aromatic N) is 2. The third kappa shape index (κ3) is 0.998. The maximum absolute atomic E-state index is 4.31. The Kier molecular flexibility index (Phi) is 1.17. The normalized spacial score (nSPS) is 22.7. The van der Waals surface area contributed by atoms with Crippen molar-refractivity contribution < 1.29 is 0 Å². The molecule has 3 nitrogen and oxygen atoms in total. The molecular formula is C7H9N3. The SMILES string of the molecule is Cc1cncc([C@H]2CN2)n1. The highest BCUT2D eigenvalue weighted by Crippen LogP contribution is 2.17. The van der Waals surface area contributed by atoms with Crippen LogP contribution >= 0.6 is 0 Å². The summed E-state index contributed by atoms with van der Waals surface area (Å²) in [6.45, 7) is 3.01. The molecule has 0 amide bonds. The Bertz CT molecular complexity index is 242. The molecule has 0 saturated carbocycles. The van der Waals surface area contributed by atoms with E-state index in [2.05, 4.69) is 15.3 Å². The van der Waals surface area contributed by atoms with Crippen molar-refractivity contribution in [2.45, 2.75) is 13.0 Å². The van der Waals surface area contributed by atoms with Crippen LogP contribution < -0.4 is 5.32 Å². The number of nitrogens with one attached hydrogen (secondary N) is 1. The standard InChI is InChI=1S/C7H9N3/c1-5-2-8-3-7(10-5)6-4-9-6/h2-3,6,9H,4H2,1H3/t6-/m1/s1. The minimum absolute atomic E-state index is 0.479. The summed E-state index contributed by atoms with van der Waals surface area (Å²) in [5.41, 5.74) is 2.06. The Hall–Kier alpha value is -0.960. The summed E-state index contributed by atoms with van der Waals surface area (Å²) in [5.74, 6) is 0. The van der Waals surface area contributed by atoms with Gasteiger partial charge in [0, 0.05) is 12.7 Å². The summed E-state index contributed by atoms with van der Waals surface area (Å²) < 4.78 is 0. The Morgan fingerprint density at radius 3 is 3.00 bits per heavy atom. The Balaban J connectivity index is 2.32. The highest BCUT2D eigenvalue weighted by molar-refractivity contribution is 5.12. The lowest BCUT2D eigenvalue weighted by Crippen LogP contribution is -1.92. The van der Waals surface area contributed by atoms with Crippen molar-refractivity contribution in [1.82, 2.24) is 15.3 Å². The van der Waals surface area contributed by atoms with Crippen LogP contribution in [0.5, 0.6) is 0 Å². The lowest BCUT2D eigenvalue weighted by Gasteiger charge is -1.94. The molecule has 0 unspecified atom stereocenters. The molecule has 1 atom stereocenters. The third-order valence-corrected chi connectivity index (χ3v) is 1.54. The van der Waals surface area contributed by atoms with Crippen LogP contribution in [0.15, 0.2) is 12.4 Å². The number of hydrogen-bond acceptors (Lipinski definition) is 3. The largest absolute Gasteiger partial charge is 0.306 e. The van der Waals surface area contributed by atoms with Crippen molar-refractivity contribution in [3.63, 3.8) is 0 Å². The minimum atomic E-state index is 0.479. The predicted molar refractivity (Wildman–Crippen MR) is 37.5 cm³/mol. The first-order valence-corrected chi connectivity index (χ1v) is 3.38. The van der Waals surface area contributed by atoms with E-state index < -0.39 is 0 Å². The molecular weight excluding hydrogens is 126 g/mol. The molecule has 0 aliphatic carbocycles. The molecule has 2 heterocycles. The maximum atomic E-state index is 4.31. The molecule has 1 aliphatic rings. The summed E-state index contributed by atoms with van der Waals surface area (Å²) in [7, 11) is 0. The number of hydrogen-bond donors (Lipinski definition) is 1. The van der Waals surface area contributed by atoms with Gasteiger partial charge in [0.05, 0.1) is 23.6 Å². The van der Waals surface area contributed by atoms with Gasteiger partial charge in [-0.05, 0) is 6.92 Å². The van der Waals surface area contributed by atoms with Crippen LogP contribution in [0.3, 0.4) is 0 Å². The van der Waals surface area contributed by atoms with Gasteiger partial charge in [0.1, 0.15) is 0 Å². The fourth-order valence-electron chi connectivity index (χ4n) is 0.919. The van der Waals surface area contributed by atoms with Crippen molar-refractivity contribution in [2.75, 3.05) is 6.54 Å². The molecule has 0 bridgehead atoms. The van der Waals surface area contributed by atoms with Gasteiger partial charge in [-0.25, -0.2) is 0 Å². The van der Waals surface area contributed by atoms with Crippen LogP contribution in [0, 0.1) is 6.92 Å². The van der Waals surface area contributed by atoms with Gasteiger partial charge in [0.25, 0.3) is 0 Å². The van der Waals surface area contributed by atoms with Crippen LogP contribution in [0.2, 0.25) is 0 Å². The van der Waals surface area contributed by atoms with Gasteiger partial charge in [0.2, 0.25) is 0 Å². The van der Waals surface area contributed by atoms with E-state index >= 15 is 0 Å². The Morgan fingerprint density at radius 2 is 2.40 bits per heavy atom. The van der Waals surface area contributed by atoms with Crippen molar-refractivity contribution in [3.8, 4) is 0 Å². The van der Waals surface area contributed by atoms with Gasteiger partial charge < -0.3 is 5.32 Å². The zero-order valence-corrected chi connectivity index (χ0v) is 5.83. The fraction of sp³-hybridized carbons (Fsp3) is 0.429. The average Bonchev–Trinajstić information content (AvgIpc) is 2.68. The molecule has 2 rings (SSSR count). The van der Waals surface area contributed by atoms with Gasteiger partial charge >= 0.3 is 0 Å². The quantitative estimate of drug-likeness (QED) is 0.568. The van der Waals surface area contributed by atoms with E-state index in [4.69, 9.17) is 0 Å². The van der Waals surface area contributed by atoms with Crippen LogP contribution in [-0.4, -0.2) is 16.5 Å². The monoisotopic (exact) mass is 135 g/mol. The van der Waals surface area contributed by atoms with Crippen molar-refractivity contribution in [3.05, 3.63) is 23.8 Å². The Labute approximate surface area is 59.5 Å². The first-order chi connectivity index (χ1) is 4.86. The molecule has 0 radical (unpaired) electrons. The van der Waals surface area contributed by atoms with Crippen molar-refractivity contribution >= 4 is 0 Å². The van der Waals surface area contributed by atoms with Crippen molar-refractivity contribution in [1.29, 1.82) is 0 Å². The van der Waals surface area contributed by atoms with Crippen LogP contribution in [0.25, 0.3) is 0 Å². The summed E-state index contributed by atoms with van der Waals surface area (Å²) in [5, 5.41) is 3.18. The molecule has 1 fully saturated rings. The zero-order chi connectivity index (χ0) is 6.97. The molecule has 0 aromatic carbocycles.